The number of carbonyl (C=O) groups is 1. The van der Waals surface area contributed by atoms with Gasteiger partial charge in [0, 0.05) is 16.2 Å². The molecule has 0 radical (unpaired) electrons. The quantitative estimate of drug-likeness (QED) is 0.345. The number of anilines is 1. The molecule has 158 valence electrons. The number of halogens is 3. The zero-order valence-corrected chi connectivity index (χ0v) is 18.5. The predicted molar refractivity (Wildman–Crippen MR) is 117 cm³/mol. The van der Waals surface area contributed by atoms with Crippen LogP contribution in [0.2, 0.25) is 0 Å². The van der Waals surface area contributed by atoms with Crippen molar-refractivity contribution in [3.63, 3.8) is 0 Å². The molecule has 1 amide bonds. The van der Waals surface area contributed by atoms with E-state index in [1.165, 1.54) is 0 Å². The topological polar surface area (TPSA) is 73.0 Å². The Balaban J connectivity index is 1.58. The van der Waals surface area contributed by atoms with Gasteiger partial charge in [0.05, 0.1) is 17.7 Å². The van der Waals surface area contributed by atoms with Gasteiger partial charge in [-0.15, -0.1) is 10.2 Å². The van der Waals surface area contributed by atoms with Crippen LogP contribution in [0.25, 0.3) is 17.3 Å². The third kappa shape index (κ3) is 4.70. The summed E-state index contributed by atoms with van der Waals surface area (Å²) in [5.74, 6) is -1.13. The monoisotopic (exact) mass is 504 g/mol. The molecule has 10 heteroatoms. The van der Waals surface area contributed by atoms with Gasteiger partial charge in [-0.05, 0) is 53.2 Å². The van der Waals surface area contributed by atoms with Gasteiger partial charge in [0.1, 0.15) is 5.82 Å². The lowest BCUT2D eigenvalue weighted by molar-refractivity contribution is -0.113. The molecule has 0 unspecified atom stereocenters. The van der Waals surface area contributed by atoms with E-state index >= 15 is 0 Å². The van der Waals surface area contributed by atoms with E-state index in [0.29, 0.717) is 22.8 Å². The van der Waals surface area contributed by atoms with Crippen LogP contribution in [0.4, 0.5) is 14.5 Å². The van der Waals surface area contributed by atoms with Crippen LogP contribution in [0.1, 0.15) is 5.56 Å². The van der Waals surface area contributed by atoms with Crippen molar-refractivity contribution in [2.75, 3.05) is 11.1 Å². The normalized spacial score (nSPS) is 11.0. The fraction of sp³-hybridized carbons (Fsp3) is 0.0952. The maximum Gasteiger partial charge on any atom is 0.234 e. The summed E-state index contributed by atoms with van der Waals surface area (Å²) >= 11 is 4.19. The molecule has 2 aromatic heterocycles. The number of amides is 1. The van der Waals surface area contributed by atoms with Crippen molar-refractivity contribution in [3.8, 4) is 17.3 Å². The van der Waals surface area contributed by atoms with Gasteiger partial charge in [0.25, 0.3) is 0 Å². The highest BCUT2D eigenvalue weighted by atomic mass is 79.9. The molecular formula is C21H15BrF2N4O2S. The first-order valence-corrected chi connectivity index (χ1v) is 10.8. The molecule has 0 aliphatic carbocycles. The minimum atomic E-state index is -0.867. The highest BCUT2D eigenvalue weighted by Crippen LogP contribution is 2.30. The first-order valence-electron chi connectivity index (χ1n) is 9.06. The molecule has 2 heterocycles. The number of aryl methyl sites for hydroxylation is 1. The van der Waals surface area contributed by atoms with Crippen molar-refractivity contribution in [2.24, 2.45) is 0 Å². The first kappa shape index (κ1) is 21.3. The number of carbonyl (C=O) groups excluding carboxylic acids is 1. The molecule has 0 spiro atoms. The predicted octanol–water partition coefficient (Wildman–Crippen LogP) is 5.61. The number of nitrogens with zero attached hydrogens (tertiary/aromatic N) is 3. The molecule has 6 nitrogen and oxygen atoms in total. The summed E-state index contributed by atoms with van der Waals surface area (Å²) in [6.07, 6.45) is 1.54. The molecule has 0 fully saturated rings. The van der Waals surface area contributed by atoms with E-state index in [-0.39, 0.29) is 15.9 Å². The second kappa shape index (κ2) is 9.03. The van der Waals surface area contributed by atoms with Gasteiger partial charge in [-0.2, -0.15) is 0 Å². The number of thioether (sulfide) groups is 1. The van der Waals surface area contributed by atoms with Crippen LogP contribution >= 0.6 is 27.7 Å². The Hall–Kier alpha value is -2.98. The van der Waals surface area contributed by atoms with Gasteiger partial charge >= 0.3 is 0 Å². The van der Waals surface area contributed by atoms with Crippen molar-refractivity contribution < 1.29 is 18.0 Å². The van der Waals surface area contributed by atoms with Crippen LogP contribution in [0.3, 0.4) is 0 Å². The summed E-state index contributed by atoms with van der Waals surface area (Å²) in [5.41, 5.74) is 1.78. The van der Waals surface area contributed by atoms with Crippen LogP contribution in [0.5, 0.6) is 0 Å². The molecule has 0 bridgehead atoms. The van der Waals surface area contributed by atoms with Crippen LogP contribution < -0.4 is 5.32 Å². The Morgan fingerprint density at radius 1 is 1.19 bits per heavy atom. The standard InChI is InChI=1S/C21H15BrF2N4O2S/c1-12-4-6-14(7-5-12)28-20(17-3-2-8-30-17)26-27-21(28)31-11-18(29)25-19-15(22)9-13(23)10-16(19)24/h2-10H,11H2,1H3,(H,25,29). The number of rotatable bonds is 6. The third-order valence-electron chi connectivity index (χ3n) is 4.27. The molecule has 0 saturated heterocycles. The molecule has 31 heavy (non-hydrogen) atoms. The Labute approximate surface area is 188 Å². The van der Waals surface area contributed by atoms with Crippen molar-refractivity contribution in [1.82, 2.24) is 14.8 Å². The maximum absolute atomic E-state index is 14.0. The molecule has 0 saturated carbocycles. The fourth-order valence-electron chi connectivity index (χ4n) is 2.82. The number of benzene rings is 2. The summed E-state index contributed by atoms with van der Waals surface area (Å²) in [4.78, 5) is 12.4. The lowest BCUT2D eigenvalue weighted by Gasteiger charge is -2.11. The highest BCUT2D eigenvalue weighted by Gasteiger charge is 2.20. The summed E-state index contributed by atoms with van der Waals surface area (Å²) in [5, 5.41) is 11.3. The Bertz CT molecular complexity index is 1200. The number of aromatic nitrogens is 3. The Morgan fingerprint density at radius 2 is 1.97 bits per heavy atom. The molecule has 0 aliphatic heterocycles. The summed E-state index contributed by atoms with van der Waals surface area (Å²) < 4.78 is 34.6. The number of nitrogens with one attached hydrogen (secondary N) is 1. The van der Waals surface area contributed by atoms with Crippen molar-refractivity contribution in [3.05, 3.63) is 76.5 Å². The van der Waals surface area contributed by atoms with E-state index in [0.717, 1.165) is 29.1 Å². The van der Waals surface area contributed by atoms with Crippen molar-refractivity contribution in [1.29, 1.82) is 0 Å². The Kier molecular flexibility index (Phi) is 6.19. The lowest BCUT2D eigenvalue weighted by atomic mass is 10.2. The summed E-state index contributed by atoms with van der Waals surface area (Å²) in [6, 6.07) is 13.0. The van der Waals surface area contributed by atoms with E-state index < -0.39 is 17.5 Å². The number of hydrogen-bond acceptors (Lipinski definition) is 5. The summed E-state index contributed by atoms with van der Waals surface area (Å²) in [6.45, 7) is 1.98. The SMILES string of the molecule is Cc1ccc(-n2c(SCC(=O)Nc3c(F)cc(F)cc3Br)nnc2-c2ccco2)cc1. The fourth-order valence-corrected chi connectivity index (χ4v) is 4.08. The van der Waals surface area contributed by atoms with E-state index in [1.54, 1.807) is 23.0 Å². The number of hydrogen-bond donors (Lipinski definition) is 1. The van der Waals surface area contributed by atoms with Gasteiger partial charge in [0.2, 0.25) is 11.7 Å². The molecule has 0 atom stereocenters. The summed E-state index contributed by atoms with van der Waals surface area (Å²) in [7, 11) is 0. The Morgan fingerprint density at radius 3 is 2.65 bits per heavy atom. The number of furan rings is 1. The first-order chi connectivity index (χ1) is 14.9. The van der Waals surface area contributed by atoms with Gasteiger partial charge in [-0.3, -0.25) is 9.36 Å². The zero-order chi connectivity index (χ0) is 22.0. The maximum atomic E-state index is 14.0. The molecule has 1 N–H and O–H groups in total. The largest absolute Gasteiger partial charge is 0.461 e. The van der Waals surface area contributed by atoms with Crippen LogP contribution in [0, 0.1) is 18.6 Å². The average molecular weight is 505 g/mol. The van der Waals surface area contributed by atoms with Crippen molar-refractivity contribution >= 4 is 39.3 Å². The van der Waals surface area contributed by atoms with E-state index in [9.17, 15) is 13.6 Å². The second-order valence-electron chi connectivity index (χ2n) is 6.54. The van der Waals surface area contributed by atoms with Crippen LogP contribution in [0.15, 0.2) is 68.8 Å². The van der Waals surface area contributed by atoms with Gasteiger partial charge in [-0.25, -0.2) is 8.78 Å². The van der Waals surface area contributed by atoms with E-state index in [2.05, 4.69) is 31.4 Å². The zero-order valence-electron chi connectivity index (χ0n) is 16.1. The molecule has 0 aliphatic rings. The van der Waals surface area contributed by atoms with Gasteiger partial charge in [-0.1, -0.05) is 29.5 Å². The minimum absolute atomic E-state index is 0.0641. The molecule has 4 rings (SSSR count). The molecule has 4 aromatic rings. The molecule has 2 aromatic carbocycles. The smallest absolute Gasteiger partial charge is 0.234 e. The third-order valence-corrected chi connectivity index (χ3v) is 5.83. The average Bonchev–Trinajstić information content (AvgIpc) is 3.39. The minimum Gasteiger partial charge on any atom is -0.461 e. The second-order valence-corrected chi connectivity index (χ2v) is 8.33. The van der Waals surface area contributed by atoms with Crippen molar-refractivity contribution in [2.45, 2.75) is 12.1 Å². The van der Waals surface area contributed by atoms with Gasteiger partial charge in [0.15, 0.2) is 16.7 Å². The molecular weight excluding hydrogens is 490 g/mol. The van der Waals surface area contributed by atoms with Crippen LogP contribution in [-0.4, -0.2) is 26.4 Å². The lowest BCUT2D eigenvalue weighted by Crippen LogP contribution is -2.16. The van der Waals surface area contributed by atoms with E-state index in [4.69, 9.17) is 4.42 Å². The van der Waals surface area contributed by atoms with E-state index in [1.807, 2.05) is 31.2 Å². The van der Waals surface area contributed by atoms with Crippen LogP contribution in [-0.2, 0) is 4.79 Å². The highest BCUT2D eigenvalue weighted by molar-refractivity contribution is 9.10. The van der Waals surface area contributed by atoms with Gasteiger partial charge < -0.3 is 9.73 Å².